The number of ether oxygens (including phenoxy) is 2. The number of ketones is 1. The van der Waals surface area contributed by atoms with Gasteiger partial charge in [0.15, 0.2) is 0 Å². The van der Waals surface area contributed by atoms with Crippen molar-refractivity contribution >= 4 is 40.7 Å². The molecule has 0 aliphatic carbocycles. The predicted octanol–water partition coefficient (Wildman–Crippen LogP) is 6.10. The van der Waals surface area contributed by atoms with Gasteiger partial charge in [-0.2, -0.15) is 0 Å². The Morgan fingerprint density at radius 1 is 1.05 bits per heavy atom. The minimum absolute atomic E-state index is 0.0958. The highest BCUT2D eigenvalue weighted by Crippen LogP contribution is 2.43. The van der Waals surface area contributed by atoms with Crippen molar-refractivity contribution in [3.63, 3.8) is 0 Å². The molecule has 1 aliphatic heterocycles. The Morgan fingerprint density at radius 2 is 1.76 bits per heavy atom. The van der Waals surface area contributed by atoms with Gasteiger partial charge in [0, 0.05) is 10.7 Å². The molecule has 1 unspecified atom stereocenters. The van der Waals surface area contributed by atoms with Crippen LogP contribution in [0.3, 0.4) is 0 Å². The first-order valence-electron chi connectivity index (χ1n) is 12.1. The van der Waals surface area contributed by atoms with Crippen molar-refractivity contribution in [3.05, 3.63) is 99.6 Å². The quantitative estimate of drug-likeness (QED) is 0.171. The minimum atomic E-state index is -0.933. The van der Waals surface area contributed by atoms with E-state index in [-0.39, 0.29) is 23.7 Å². The number of aliphatic hydroxyl groups excluding tert-OH is 1. The molecule has 1 aliphatic rings. The minimum Gasteiger partial charge on any atom is -0.507 e. The Morgan fingerprint density at radius 3 is 2.39 bits per heavy atom. The van der Waals surface area contributed by atoms with Crippen LogP contribution in [0.25, 0.3) is 5.76 Å². The Labute approximate surface area is 226 Å². The molecule has 0 saturated carbocycles. The van der Waals surface area contributed by atoms with Gasteiger partial charge in [-0.3, -0.25) is 14.5 Å². The number of methoxy groups -OCH3 is 1. The van der Waals surface area contributed by atoms with Crippen molar-refractivity contribution in [2.45, 2.75) is 26.8 Å². The van der Waals surface area contributed by atoms with E-state index in [2.05, 4.69) is 0 Å². The van der Waals surface area contributed by atoms with Crippen LogP contribution in [0.4, 0.5) is 5.69 Å². The maximum Gasteiger partial charge on any atom is 0.338 e. The Bertz CT molecular complexity index is 1430. The molecule has 4 rings (SSSR count). The number of rotatable bonds is 7. The van der Waals surface area contributed by atoms with Gasteiger partial charge in [-0.15, -0.1) is 0 Å². The molecule has 0 aromatic heterocycles. The van der Waals surface area contributed by atoms with E-state index in [9.17, 15) is 19.5 Å². The number of halogens is 1. The van der Waals surface area contributed by atoms with Gasteiger partial charge in [0.25, 0.3) is 11.7 Å². The number of esters is 1. The van der Waals surface area contributed by atoms with Gasteiger partial charge in [0.2, 0.25) is 0 Å². The Hall–Kier alpha value is -4.10. The largest absolute Gasteiger partial charge is 0.507 e. The highest BCUT2D eigenvalue weighted by molar-refractivity contribution is 6.51. The molecule has 1 saturated heterocycles. The highest BCUT2D eigenvalue weighted by atomic mass is 35.5. The maximum atomic E-state index is 13.4. The fourth-order valence-corrected chi connectivity index (χ4v) is 4.52. The summed E-state index contributed by atoms with van der Waals surface area (Å²) in [5.41, 5.74) is 2.35. The summed E-state index contributed by atoms with van der Waals surface area (Å²) >= 11 is 6.18. The second kappa shape index (κ2) is 11.1. The van der Waals surface area contributed by atoms with Gasteiger partial charge in [0.05, 0.1) is 36.5 Å². The summed E-state index contributed by atoms with van der Waals surface area (Å²) in [5, 5.41) is 11.7. The molecule has 3 aromatic carbocycles. The molecule has 0 radical (unpaired) electrons. The zero-order valence-corrected chi connectivity index (χ0v) is 22.3. The lowest BCUT2D eigenvalue weighted by atomic mass is 9.94. The van der Waals surface area contributed by atoms with E-state index in [1.807, 2.05) is 39.0 Å². The fraction of sp³-hybridized carbons (Fsp3) is 0.233. The first kappa shape index (κ1) is 26.9. The molecular weight excluding hydrogens is 506 g/mol. The summed E-state index contributed by atoms with van der Waals surface area (Å²) in [7, 11) is 1.43. The predicted molar refractivity (Wildman–Crippen MR) is 146 cm³/mol. The third-order valence-electron chi connectivity index (χ3n) is 6.15. The highest BCUT2D eigenvalue weighted by Gasteiger charge is 2.47. The van der Waals surface area contributed by atoms with E-state index < -0.39 is 29.5 Å². The van der Waals surface area contributed by atoms with Crippen LogP contribution in [0.5, 0.6) is 5.75 Å². The second-order valence-electron chi connectivity index (χ2n) is 9.47. The van der Waals surface area contributed by atoms with E-state index in [4.69, 9.17) is 21.1 Å². The van der Waals surface area contributed by atoms with Gasteiger partial charge >= 0.3 is 5.97 Å². The Kier molecular flexibility index (Phi) is 7.88. The topological polar surface area (TPSA) is 93.1 Å². The number of nitrogens with zero attached hydrogens (tertiary/aromatic N) is 1. The smallest absolute Gasteiger partial charge is 0.338 e. The van der Waals surface area contributed by atoms with Crippen molar-refractivity contribution in [3.8, 4) is 5.75 Å². The molecule has 8 heteroatoms. The SMILES string of the molecule is COc1ccc(Cl)cc1/C(O)=C1\C(=O)C(=O)N(c2ccc(C(=O)OCC(C)C)cc2)C1c1cccc(C)c1. The average molecular weight is 534 g/mol. The van der Waals surface area contributed by atoms with Crippen molar-refractivity contribution < 1.29 is 29.0 Å². The normalized spacial score (nSPS) is 16.7. The maximum absolute atomic E-state index is 13.4. The molecule has 7 nitrogen and oxygen atoms in total. The van der Waals surface area contributed by atoms with Crippen LogP contribution in [0, 0.1) is 12.8 Å². The van der Waals surface area contributed by atoms with Crippen molar-refractivity contribution in [2.75, 3.05) is 18.6 Å². The third kappa shape index (κ3) is 5.29. The number of anilines is 1. The number of hydrogen-bond donors (Lipinski definition) is 1. The number of aryl methyl sites for hydroxylation is 1. The number of Topliss-reactive ketones (excluding diaryl/α,β-unsaturated/α-hetero) is 1. The fourth-order valence-electron chi connectivity index (χ4n) is 4.35. The van der Waals surface area contributed by atoms with Gasteiger partial charge in [0.1, 0.15) is 11.5 Å². The monoisotopic (exact) mass is 533 g/mol. The van der Waals surface area contributed by atoms with Crippen LogP contribution in [0.2, 0.25) is 5.02 Å². The van der Waals surface area contributed by atoms with Crippen LogP contribution < -0.4 is 9.64 Å². The zero-order valence-electron chi connectivity index (χ0n) is 21.5. The lowest BCUT2D eigenvalue weighted by Crippen LogP contribution is -2.29. The van der Waals surface area contributed by atoms with Crippen LogP contribution >= 0.6 is 11.6 Å². The summed E-state index contributed by atoms with van der Waals surface area (Å²) in [6.45, 7) is 6.07. The van der Waals surface area contributed by atoms with Crippen LogP contribution in [0.1, 0.15) is 46.9 Å². The molecule has 1 N–H and O–H groups in total. The number of amides is 1. The number of benzene rings is 3. The molecule has 1 fully saturated rings. The first-order valence-corrected chi connectivity index (χ1v) is 12.5. The molecule has 1 amide bonds. The third-order valence-corrected chi connectivity index (χ3v) is 6.38. The molecule has 3 aromatic rings. The van der Waals surface area contributed by atoms with Gasteiger partial charge in [-0.25, -0.2) is 4.79 Å². The van der Waals surface area contributed by atoms with E-state index in [0.717, 1.165) is 5.56 Å². The standard InChI is InChI=1S/C30H28ClNO6/c1-17(2)16-38-30(36)19-8-11-22(12-9-19)32-26(20-7-5-6-18(3)14-20)25(28(34)29(32)35)27(33)23-15-21(31)10-13-24(23)37-4/h5-15,17,26,33H,16H2,1-4H3/b27-25+. The molecule has 1 heterocycles. The summed E-state index contributed by atoms with van der Waals surface area (Å²) in [4.78, 5) is 40.6. The number of carbonyl (C=O) groups excluding carboxylic acids is 3. The van der Waals surface area contributed by atoms with E-state index in [1.165, 1.54) is 18.1 Å². The number of aliphatic hydroxyl groups is 1. The second-order valence-corrected chi connectivity index (χ2v) is 9.90. The number of hydrogen-bond acceptors (Lipinski definition) is 6. The van der Waals surface area contributed by atoms with E-state index in [0.29, 0.717) is 27.6 Å². The number of carbonyl (C=O) groups is 3. The molecular formula is C30H28ClNO6. The van der Waals surface area contributed by atoms with Crippen molar-refractivity contribution in [1.82, 2.24) is 0 Å². The van der Waals surface area contributed by atoms with Crippen LogP contribution in [-0.4, -0.2) is 36.5 Å². The van der Waals surface area contributed by atoms with E-state index >= 15 is 0 Å². The van der Waals surface area contributed by atoms with Crippen molar-refractivity contribution in [1.29, 1.82) is 0 Å². The van der Waals surface area contributed by atoms with Crippen LogP contribution in [-0.2, 0) is 14.3 Å². The first-order chi connectivity index (χ1) is 18.1. The van der Waals surface area contributed by atoms with E-state index in [1.54, 1.807) is 42.5 Å². The molecule has 38 heavy (non-hydrogen) atoms. The lowest BCUT2D eigenvalue weighted by molar-refractivity contribution is -0.132. The zero-order chi connectivity index (χ0) is 27.6. The lowest BCUT2D eigenvalue weighted by Gasteiger charge is -2.26. The van der Waals surface area contributed by atoms with Gasteiger partial charge < -0.3 is 14.6 Å². The summed E-state index contributed by atoms with van der Waals surface area (Å²) in [5.74, 6) is -2.05. The van der Waals surface area contributed by atoms with Gasteiger partial charge in [-0.05, 0) is 60.9 Å². The molecule has 196 valence electrons. The van der Waals surface area contributed by atoms with Gasteiger partial charge in [-0.1, -0.05) is 55.3 Å². The summed E-state index contributed by atoms with van der Waals surface area (Å²) < 4.78 is 10.7. The molecule has 0 bridgehead atoms. The molecule has 0 spiro atoms. The molecule has 1 atom stereocenters. The van der Waals surface area contributed by atoms with Crippen LogP contribution in [0.15, 0.2) is 72.3 Å². The van der Waals surface area contributed by atoms with Crippen molar-refractivity contribution in [2.24, 2.45) is 5.92 Å². The Balaban J connectivity index is 1.85. The summed E-state index contributed by atoms with van der Waals surface area (Å²) in [6, 6.07) is 17.3. The summed E-state index contributed by atoms with van der Waals surface area (Å²) in [6.07, 6.45) is 0. The average Bonchev–Trinajstić information content (AvgIpc) is 3.17.